The largest absolute Gasteiger partial charge is 0.448 e. The highest BCUT2D eigenvalue weighted by atomic mass is 79.9. The normalized spacial score (nSPS) is 10.2. The lowest BCUT2D eigenvalue weighted by molar-refractivity contribution is 0.543. The monoisotopic (exact) mass is 292 g/mol. The van der Waals surface area contributed by atoms with Gasteiger partial charge in [-0.25, -0.2) is 4.68 Å². The predicted molar refractivity (Wildman–Crippen MR) is 65.0 cm³/mol. The molecule has 0 aliphatic rings. The van der Waals surface area contributed by atoms with Crippen LogP contribution >= 0.6 is 15.9 Å². The molecule has 0 N–H and O–H groups in total. The molecule has 2 heterocycles. The molecule has 0 saturated heterocycles. The van der Waals surface area contributed by atoms with Gasteiger partial charge in [-0.05, 0) is 35.0 Å². The van der Waals surface area contributed by atoms with Gasteiger partial charge in [-0.15, -0.1) is 5.10 Å². The molecule has 0 unspecified atom stereocenters. The van der Waals surface area contributed by atoms with Crippen LogP contribution in [-0.4, -0.2) is 15.0 Å². The Morgan fingerprint density at radius 1 is 1.65 bits per heavy atom. The first-order chi connectivity index (χ1) is 8.11. The summed E-state index contributed by atoms with van der Waals surface area (Å²) in [6.45, 7) is 6.20. The summed E-state index contributed by atoms with van der Waals surface area (Å²) in [7, 11) is 0. The Morgan fingerprint density at radius 3 is 2.94 bits per heavy atom. The van der Waals surface area contributed by atoms with Gasteiger partial charge in [0.15, 0.2) is 16.1 Å². The van der Waals surface area contributed by atoms with E-state index in [0.29, 0.717) is 22.7 Å². The summed E-state index contributed by atoms with van der Waals surface area (Å²) in [6.07, 6.45) is 0. The summed E-state index contributed by atoms with van der Waals surface area (Å²) in [6, 6.07) is 5.52. The summed E-state index contributed by atoms with van der Waals surface area (Å²) < 4.78 is 7.63. The van der Waals surface area contributed by atoms with E-state index in [1.54, 1.807) is 16.8 Å². The van der Waals surface area contributed by atoms with Crippen LogP contribution in [0.3, 0.4) is 0 Å². The van der Waals surface area contributed by atoms with Crippen LogP contribution in [0.4, 0.5) is 0 Å². The van der Waals surface area contributed by atoms with Gasteiger partial charge in [0.1, 0.15) is 11.8 Å². The Morgan fingerprint density at radius 2 is 2.41 bits per heavy atom. The van der Waals surface area contributed by atoms with Crippen molar-refractivity contribution in [2.24, 2.45) is 0 Å². The molecule has 0 spiro atoms. The second kappa shape index (κ2) is 4.55. The Bertz CT molecular complexity index is 605. The highest BCUT2D eigenvalue weighted by Gasteiger charge is 2.17. The van der Waals surface area contributed by atoms with Crippen LogP contribution in [0.15, 0.2) is 33.4 Å². The minimum Gasteiger partial charge on any atom is -0.448 e. The van der Waals surface area contributed by atoms with Crippen LogP contribution in [0.25, 0.3) is 11.5 Å². The van der Waals surface area contributed by atoms with Crippen molar-refractivity contribution in [3.05, 3.63) is 34.6 Å². The SMILES string of the molecule is C=C(C)Cn1nnc(C#N)c1-c1ccc(Br)o1. The fraction of sp³-hybridized carbons (Fsp3) is 0.182. The third-order valence-electron chi connectivity index (χ3n) is 2.07. The van der Waals surface area contributed by atoms with Crippen LogP contribution in [0.2, 0.25) is 0 Å². The van der Waals surface area contributed by atoms with E-state index in [0.717, 1.165) is 5.57 Å². The van der Waals surface area contributed by atoms with Gasteiger partial charge in [-0.3, -0.25) is 0 Å². The van der Waals surface area contributed by atoms with E-state index >= 15 is 0 Å². The van der Waals surface area contributed by atoms with E-state index in [1.165, 1.54) is 0 Å². The summed E-state index contributed by atoms with van der Waals surface area (Å²) in [5.74, 6) is 0.555. The third kappa shape index (κ3) is 2.29. The van der Waals surface area contributed by atoms with Crippen molar-refractivity contribution in [1.82, 2.24) is 15.0 Å². The maximum atomic E-state index is 8.99. The maximum Gasteiger partial charge on any atom is 0.193 e. The molecule has 2 aromatic rings. The molecule has 0 aliphatic carbocycles. The summed E-state index contributed by atoms with van der Waals surface area (Å²) in [5.41, 5.74) is 1.74. The van der Waals surface area contributed by atoms with Gasteiger partial charge in [0.2, 0.25) is 0 Å². The third-order valence-corrected chi connectivity index (χ3v) is 2.49. The number of nitriles is 1. The maximum absolute atomic E-state index is 8.99. The number of allylic oxidation sites excluding steroid dienone is 1. The molecule has 0 amide bonds. The van der Waals surface area contributed by atoms with E-state index in [-0.39, 0.29) is 5.69 Å². The highest BCUT2D eigenvalue weighted by molar-refractivity contribution is 9.10. The second-order valence-electron chi connectivity index (χ2n) is 3.62. The number of furan rings is 1. The van der Waals surface area contributed by atoms with Crippen molar-refractivity contribution in [2.45, 2.75) is 13.5 Å². The van der Waals surface area contributed by atoms with Crippen LogP contribution in [-0.2, 0) is 6.54 Å². The molecular weight excluding hydrogens is 284 g/mol. The van der Waals surface area contributed by atoms with Crippen molar-refractivity contribution in [1.29, 1.82) is 5.26 Å². The number of aromatic nitrogens is 3. The number of hydrogen-bond donors (Lipinski definition) is 0. The van der Waals surface area contributed by atoms with E-state index in [4.69, 9.17) is 9.68 Å². The van der Waals surface area contributed by atoms with Crippen molar-refractivity contribution < 1.29 is 4.42 Å². The van der Waals surface area contributed by atoms with Gasteiger partial charge in [0.25, 0.3) is 0 Å². The zero-order valence-electron chi connectivity index (χ0n) is 9.14. The topological polar surface area (TPSA) is 67.6 Å². The molecule has 0 radical (unpaired) electrons. The van der Waals surface area contributed by atoms with Crippen LogP contribution in [0.1, 0.15) is 12.6 Å². The van der Waals surface area contributed by atoms with Crippen molar-refractivity contribution in [3.63, 3.8) is 0 Å². The molecular formula is C11H9BrN4O. The van der Waals surface area contributed by atoms with Gasteiger partial charge in [0, 0.05) is 0 Å². The zero-order chi connectivity index (χ0) is 12.4. The molecule has 0 bridgehead atoms. The average Bonchev–Trinajstić information content (AvgIpc) is 2.83. The van der Waals surface area contributed by atoms with E-state index < -0.39 is 0 Å². The molecule has 0 fully saturated rings. The summed E-state index contributed by atoms with van der Waals surface area (Å²) in [4.78, 5) is 0. The quantitative estimate of drug-likeness (QED) is 0.816. The molecule has 86 valence electrons. The van der Waals surface area contributed by atoms with E-state index in [1.807, 2.05) is 13.0 Å². The number of nitrogens with zero attached hydrogens (tertiary/aromatic N) is 4. The predicted octanol–water partition coefficient (Wildman–Crippen LogP) is 2.75. The molecule has 0 aromatic carbocycles. The molecule has 17 heavy (non-hydrogen) atoms. The van der Waals surface area contributed by atoms with Crippen LogP contribution in [0, 0.1) is 11.3 Å². The molecule has 0 aliphatic heterocycles. The van der Waals surface area contributed by atoms with Gasteiger partial charge >= 0.3 is 0 Å². The first-order valence-electron chi connectivity index (χ1n) is 4.85. The van der Waals surface area contributed by atoms with Crippen LogP contribution in [0.5, 0.6) is 0 Å². The van der Waals surface area contributed by atoms with Crippen molar-refractivity contribution in [3.8, 4) is 17.5 Å². The second-order valence-corrected chi connectivity index (χ2v) is 4.40. The minimum absolute atomic E-state index is 0.244. The zero-order valence-corrected chi connectivity index (χ0v) is 10.7. The fourth-order valence-electron chi connectivity index (χ4n) is 1.44. The lowest BCUT2D eigenvalue weighted by Gasteiger charge is -2.03. The first kappa shape index (κ1) is 11.6. The van der Waals surface area contributed by atoms with Crippen molar-refractivity contribution >= 4 is 15.9 Å². The van der Waals surface area contributed by atoms with Gasteiger partial charge in [-0.1, -0.05) is 17.4 Å². The lowest BCUT2D eigenvalue weighted by atomic mass is 10.2. The molecule has 0 saturated carbocycles. The number of hydrogen-bond acceptors (Lipinski definition) is 4. The summed E-state index contributed by atoms with van der Waals surface area (Å²) >= 11 is 3.22. The fourth-order valence-corrected chi connectivity index (χ4v) is 1.75. The van der Waals surface area contributed by atoms with E-state index in [2.05, 4.69) is 32.8 Å². The Labute approximate surface area is 106 Å². The molecule has 2 rings (SSSR count). The smallest absolute Gasteiger partial charge is 0.193 e. The van der Waals surface area contributed by atoms with Gasteiger partial charge < -0.3 is 4.42 Å². The molecule has 5 nitrogen and oxygen atoms in total. The van der Waals surface area contributed by atoms with E-state index in [9.17, 15) is 0 Å². The van der Waals surface area contributed by atoms with Gasteiger partial charge in [-0.2, -0.15) is 5.26 Å². The Balaban J connectivity index is 2.53. The Kier molecular flexibility index (Phi) is 3.11. The number of halogens is 1. The highest BCUT2D eigenvalue weighted by Crippen LogP contribution is 2.26. The molecule has 2 aromatic heterocycles. The minimum atomic E-state index is 0.244. The van der Waals surface area contributed by atoms with Crippen molar-refractivity contribution in [2.75, 3.05) is 0 Å². The number of rotatable bonds is 3. The van der Waals surface area contributed by atoms with Gasteiger partial charge in [0.05, 0.1) is 6.54 Å². The molecule has 6 heteroatoms. The lowest BCUT2D eigenvalue weighted by Crippen LogP contribution is -2.03. The van der Waals surface area contributed by atoms with Crippen LogP contribution < -0.4 is 0 Å². The summed E-state index contributed by atoms with van der Waals surface area (Å²) in [5, 5.41) is 16.7. The molecule has 0 atom stereocenters. The first-order valence-corrected chi connectivity index (χ1v) is 5.65. The Hall–Kier alpha value is -1.87. The average molecular weight is 293 g/mol. The standard InChI is InChI=1S/C11H9BrN4O/c1-7(2)6-16-11(8(5-13)14-15-16)9-3-4-10(12)17-9/h3-4H,1,6H2,2H3.